The molecule has 0 saturated carbocycles. The predicted octanol–water partition coefficient (Wildman–Crippen LogP) is 3.71. The molecule has 0 aliphatic carbocycles. The zero-order valence-electron chi connectivity index (χ0n) is 10.7. The first-order valence-corrected chi connectivity index (χ1v) is 5.88. The molecule has 116 valence electrons. The van der Waals surface area contributed by atoms with Crippen LogP contribution in [0.1, 0.15) is 15.9 Å². The van der Waals surface area contributed by atoms with Crippen LogP contribution in [0.2, 0.25) is 0 Å². The van der Waals surface area contributed by atoms with E-state index in [-0.39, 0.29) is 0 Å². The lowest BCUT2D eigenvalue weighted by Gasteiger charge is -2.13. The number of carbonyl (C=O) groups is 1. The molecular weight excluding hydrogens is 309 g/mol. The van der Waals surface area contributed by atoms with E-state index in [0.29, 0.717) is 6.07 Å². The van der Waals surface area contributed by atoms with Gasteiger partial charge in [0.2, 0.25) is 5.75 Å². The number of para-hydroxylation sites is 1. The van der Waals surface area contributed by atoms with E-state index in [1.807, 2.05) is 0 Å². The number of nitrogens with one attached hydrogen (secondary N) is 1. The number of amides is 1. The number of hydrogen-bond donors (Lipinski definition) is 1. The molecular formula is C14H8F5NO2. The van der Waals surface area contributed by atoms with Gasteiger partial charge in [-0.1, -0.05) is 18.2 Å². The standard InChI is InChI=1S/C14H8F5NO2/c15-10-6-3-7-11(16)12(10)22-20-13(21)8-4-1-2-5-9(8)14(17,18)19/h1-7H,(H,20,21). The summed E-state index contributed by atoms with van der Waals surface area (Å²) in [5.41, 5.74) is -0.329. The molecule has 0 saturated heterocycles. The van der Waals surface area contributed by atoms with Gasteiger partial charge in [-0.3, -0.25) is 4.79 Å². The van der Waals surface area contributed by atoms with Gasteiger partial charge in [0.1, 0.15) is 0 Å². The largest absolute Gasteiger partial charge is 0.417 e. The van der Waals surface area contributed by atoms with E-state index >= 15 is 0 Å². The Morgan fingerprint density at radius 1 is 0.955 bits per heavy atom. The second-order valence-corrected chi connectivity index (χ2v) is 4.13. The van der Waals surface area contributed by atoms with Crippen molar-refractivity contribution in [1.29, 1.82) is 0 Å². The summed E-state index contributed by atoms with van der Waals surface area (Å²) < 4.78 is 64.8. The van der Waals surface area contributed by atoms with Gasteiger partial charge in [-0.25, -0.2) is 8.78 Å². The van der Waals surface area contributed by atoms with Crippen LogP contribution in [-0.4, -0.2) is 5.91 Å². The summed E-state index contributed by atoms with van der Waals surface area (Å²) in [7, 11) is 0. The molecule has 2 aromatic carbocycles. The number of hydroxylamine groups is 1. The third-order valence-electron chi connectivity index (χ3n) is 2.64. The van der Waals surface area contributed by atoms with Crippen LogP contribution in [0.4, 0.5) is 22.0 Å². The summed E-state index contributed by atoms with van der Waals surface area (Å²) in [5, 5.41) is 0. The normalized spacial score (nSPS) is 11.1. The first-order valence-electron chi connectivity index (χ1n) is 5.88. The number of alkyl halides is 3. The number of hydrogen-bond acceptors (Lipinski definition) is 2. The molecule has 1 N–H and O–H groups in total. The van der Waals surface area contributed by atoms with Gasteiger partial charge in [-0.2, -0.15) is 18.7 Å². The molecule has 22 heavy (non-hydrogen) atoms. The first-order chi connectivity index (χ1) is 10.3. The fourth-order valence-corrected chi connectivity index (χ4v) is 1.66. The minimum Gasteiger partial charge on any atom is -0.373 e. The molecule has 1 amide bonds. The Morgan fingerprint density at radius 3 is 2.14 bits per heavy atom. The lowest BCUT2D eigenvalue weighted by Crippen LogP contribution is -2.29. The highest BCUT2D eigenvalue weighted by molar-refractivity contribution is 5.95. The molecule has 0 spiro atoms. The number of benzene rings is 2. The smallest absolute Gasteiger partial charge is 0.373 e. The van der Waals surface area contributed by atoms with Gasteiger partial charge in [0.15, 0.2) is 11.6 Å². The maximum atomic E-state index is 13.3. The highest BCUT2D eigenvalue weighted by Crippen LogP contribution is 2.31. The third-order valence-corrected chi connectivity index (χ3v) is 2.64. The first kappa shape index (κ1) is 15.7. The molecule has 0 aliphatic heterocycles. The van der Waals surface area contributed by atoms with Crippen molar-refractivity contribution in [1.82, 2.24) is 5.48 Å². The second-order valence-electron chi connectivity index (χ2n) is 4.13. The van der Waals surface area contributed by atoms with Gasteiger partial charge in [0.05, 0.1) is 11.1 Å². The van der Waals surface area contributed by atoms with Crippen molar-refractivity contribution in [2.24, 2.45) is 0 Å². The third kappa shape index (κ3) is 3.33. The van der Waals surface area contributed by atoms with Crippen molar-refractivity contribution in [2.45, 2.75) is 6.18 Å². The molecule has 0 radical (unpaired) electrons. The van der Waals surface area contributed by atoms with Crippen LogP contribution in [0.25, 0.3) is 0 Å². The summed E-state index contributed by atoms with van der Waals surface area (Å²) in [6.45, 7) is 0. The number of rotatable bonds is 3. The Labute approximate surface area is 121 Å². The Balaban J connectivity index is 2.21. The Morgan fingerprint density at radius 2 is 1.55 bits per heavy atom. The van der Waals surface area contributed by atoms with Crippen molar-refractivity contribution in [2.75, 3.05) is 0 Å². The van der Waals surface area contributed by atoms with Crippen LogP contribution in [0, 0.1) is 11.6 Å². The van der Waals surface area contributed by atoms with Gasteiger partial charge >= 0.3 is 6.18 Å². The van der Waals surface area contributed by atoms with E-state index in [9.17, 15) is 26.7 Å². The summed E-state index contributed by atoms with van der Waals surface area (Å²) in [6.07, 6.45) is -4.75. The molecule has 0 aromatic heterocycles. The van der Waals surface area contributed by atoms with Crippen LogP contribution < -0.4 is 10.3 Å². The Hall–Kier alpha value is -2.64. The van der Waals surface area contributed by atoms with Crippen molar-refractivity contribution < 1.29 is 31.6 Å². The maximum absolute atomic E-state index is 13.3. The van der Waals surface area contributed by atoms with Gasteiger partial charge in [-0.15, -0.1) is 0 Å². The van der Waals surface area contributed by atoms with Crippen molar-refractivity contribution in [3.8, 4) is 5.75 Å². The van der Waals surface area contributed by atoms with Crippen molar-refractivity contribution >= 4 is 5.91 Å². The van der Waals surface area contributed by atoms with E-state index < -0.39 is 40.6 Å². The molecule has 2 rings (SSSR count). The van der Waals surface area contributed by atoms with E-state index in [1.165, 1.54) is 6.07 Å². The SMILES string of the molecule is O=C(NOc1c(F)cccc1F)c1ccccc1C(F)(F)F. The minimum absolute atomic E-state index is 0.707. The van der Waals surface area contributed by atoms with E-state index in [1.54, 1.807) is 5.48 Å². The molecule has 3 nitrogen and oxygen atoms in total. The quantitative estimate of drug-likeness (QED) is 0.692. The average molecular weight is 317 g/mol. The van der Waals surface area contributed by atoms with Crippen LogP contribution in [0.5, 0.6) is 5.75 Å². The van der Waals surface area contributed by atoms with E-state index in [0.717, 1.165) is 30.3 Å². The second kappa shape index (κ2) is 6.00. The summed E-state index contributed by atoms with van der Waals surface area (Å²) in [5.74, 6) is -4.41. The van der Waals surface area contributed by atoms with Crippen LogP contribution in [0.3, 0.4) is 0 Å². The minimum atomic E-state index is -4.75. The van der Waals surface area contributed by atoms with Crippen molar-refractivity contribution in [3.63, 3.8) is 0 Å². The maximum Gasteiger partial charge on any atom is 0.417 e. The van der Waals surface area contributed by atoms with Crippen LogP contribution >= 0.6 is 0 Å². The molecule has 0 bridgehead atoms. The fourth-order valence-electron chi connectivity index (χ4n) is 1.66. The number of halogens is 5. The molecule has 2 aromatic rings. The Bertz CT molecular complexity index is 680. The lowest BCUT2D eigenvalue weighted by atomic mass is 10.1. The molecule has 0 atom stereocenters. The van der Waals surface area contributed by atoms with Crippen LogP contribution in [-0.2, 0) is 6.18 Å². The average Bonchev–Trinajstić information content (AvgIpc) is 2.45. The zero-order chi connectivity index (χ0) is 16.3. The molecule has 0 fully saturated rings. The predicted molar refractivity (Wildman–Crippen MR) is 65.9 cm³/mol. The lowest BCUT2D eigenvalue weighted by molar-refractivity contribution is -0.138. The van der Waals surface area contributed by atoms with E-state index in [4.69, 9.17) is 0 Å². The van der Waals surface area contributed by atoms with Gasteiger partial charge in [0.25, 0.3) is 5.91 Å². The summed E-state index contributed by atoms with van der Waals surface area (Å²) >= 11 is 0. The Kier molecular flexibility index (Phi) is 4.30. The fraction of sp³-hybridized carbons (Fsp3) is 0.0714. The van der Waals surface area contributed by atoms with Crippen LogP contribution in [0.15, 0.2) is 42.5 Å². The summed E-state index contributed by atoms with van der Waals surface area (Å²) in [4.78, 5) is 16.2. The van der Waals surface area contributed by atoms with E-state index in [2.05, 4.69) is 4.84 Å². The number of carbonyl (C=O) groups excluding carboxylic acids is 1. The molecule has 0 heterocycles. The highest BCUT2D eigenvalue weighted by Gasteiger charge is 2.35. The van der Waals surface area contributed by atoms with Gasteiger partial charge in [-0.05, 0) is 24.3 Å². The van der Waals surface area contributed by atoms with Gasteiger partial charge < -0.3 is 4.84 Å². The molecule has 0 aliphatic rings. The topological polar surface area (TPSA) is 38.3 Å². The van der Waals surface area contributed by atoms with Gasteiger partial charge in [0, 0.05) is 0 Å². The highest BCUT2D eigenvalue weighted by atomic mass is 19.4. The molecule has 8 heteroatoms. The van der Waals surface area contributed by atoms with Crippen molar-refractivity contribution in [3.05, 3.63) is 65.2 Å². The molecule has 0 unspecified atom stereocenters. The summed E-state index contributed by atoms with van der Waals surface area (Å²) in [6, 6.07) is 6.75. The zero-order valence-corrected chi connectivity index (χ0v) is 10.7. The monoisotopic (exact) mass is 317 g/mol.